The number of ether oxygens (including phenoxy) is 1. The predicted octanol–water partition coefficient (Wildman–Crippen LogP) is 4.74. The highest BCUT2D eigenvalue weighted by Gasteiger charge is 2.33. The summed E-state index contributed by atoms with van der Waals surface area (Å²) >= 11 is 0. The Kier molecular flexibility index (Phi) is 5.72. The second-order valence-corrected chi connectivity index (χ2v) is 7.90. The first kappa shape index (κ1) is 20.0. The molecule has 1 heterocycles. The summed E-state index contributed by atoms with van der Waals surface area (Å²) in [6.07, 6.45) is -0.308. The van der Waals surface area contributed by atoms with Gasteiger partial charge in [0.2, 0.25) is 0 Å². The zero-order chi connectivity index (χ0) is 21.1. The zero-order valence-electron chi connectivity index (χ0n) is 17.1. The molecule has 30 heavy (non-hydrogen) atoms. The van der Waals surface area contributed by atoms with Gasteiger partial charge in [-0.25, -0.2) is 0 Å². The van der Waals surface area contributed by atoms with Crippen molar-refractivity contribution in [2.45, 2.75) is 26.1 Å². The van der Waals surface area contributed by atoms with Gasteiger partial charge in [-0.1, -0.05) is 74.5 Å². The molecule has 0 amide bonds. The Labute approximate surface area is 176 Å². The number of hydrogen-bond acceptors (Lipinski definition) is 5. The summed E-state index contributed by atoms with van der Waals surface area (Å²) in [7, 11) is 0. The van der Waals surface area contributed by atoms with Crippen LogP contribution in [0.1, 0.15) is 41.4 Å². The van der Waals surface area contributed by atoms with Crippen molar-refractivity contribution in [3.05, 3.63) is 89.5 Å². The van der Waals surface area contributed by atoms with E-state index in [1.165, 1.54) is 0 Å². The van der Waals surface area contributed by atoms with E-state index in [2.05, 4.69) is 24.5 Å². The van der Waals surface area contributed by atoms with E-state index in [1.54, 1.807) is 36.4 Å². The van der Waals surface area contributed by atoms with Gasteiger partial charge in [0.25, 0.3) is 0 Å². The molecule has 0 fully saturated rings. The minimum atomic E-state index is -0.308. The fraction of sp³-hybridized carbons (Fsp3) is 0.240. The lowest BCUT2D eigenvalue weighted by molar-refractivity contribution is 0.103. The highest BCUT2D eigenvalue weighted by molar-refractivity contribution is 6.11. The second-order valence-electron chi connectivity index (χ2n) is 7.90. The van der Waals surface area contributed by atoms with Crippen LogP contribution in [-0.2, 0) is 0 Å². The SMILES string of the molecule is CC(C)CNC1Oc2ccc(C(=O)c3ccccc3)c(O)c2NC1c1ccccc1. The Hall–Kier alpha value is -3.31. The van der Waals surface area contributed by atoms with Gasteiger partial charge in [-0.3, -0.25) is 10.1 Å². The minimum Gasteiger partial charge on any atom is -0.505 e. The average molecular weight is 402 g/mol. The number of anilines is 1. The average Bonchev–Trinajstić information content (AvgIpc) is 2.78. The molecule has 0 spiro atoms. The largest absolute Gasteiger partial charge is 0.505 e. The number of benzene rings is 3. The lowest BCUT2D eigenvalue weighted by Gasteiger charge is -2.36. The summed E-state index contributed by atoms with van der Waals surface area (Å²) in [6, 6.07) is 22.0. The monoisotopic (exact) mass is 402 g/mol. The van der Waals surface area contributed by atoms with E-state index in [1.807, 2.05) is 36.4 Å². The number of carbonyl (C=O) groups excluding carboxylic acids is 1. The maximum absolute atomic E-state index is 12.9. The van der Waals surface area contributed by atoms with Crippen LogP contribution >= 0.6 is 0 Å². The van der Waals surface area contributed by atoms with Gasteiger partial charge in [0.05, 0.1) is 5.56 Å². The molecule has 3 aromatic rings. The van der Waals surface area contributed by atoms with Gasteiger partial charge in [-0.2, -0.15) is 0 Å². The third-order valence-corrected chi connectivity index (χ3v) is 5.16. The van der Waals surface area contributed by atoms with Crippen LogP contribution in [-0.4, -0.2) is 23.7 Å². The van der Waals surface area contributed by atoms with Crippen LogP contribution in [0.4, 0.5) is 5.69 Å². The molecule has 0 bridgehead atoms. The normalized spacial score (nSPS) is 17.7. The maximum atomic E-state index is 12.9. The standard InChI is InChI=1S/C25H26N2O3/c1-16(2)15-26-25-21(17-9-5-3-6-10-17)27-22-20(30-25)14-13-19(24(22)29)23(28)18-11-7-4-8-12-18/h3-14,16,21,25-27,29H,15H2,1-2H3. The molecule has 0 radical (unpaired) electrons. The summed E-state index contributed by atoms with van der Waals surface area (Å²) in [5.41, 5.74) is 2.24. The highest BCUT2D eigenvalue weighted by atomic mass is 16.5. The van der Waals surface area contributed by atoms with Gasteiger partial charge in [0, 0.05) is 12.1 Å². The van der Waals surface area contributed by atoms with Gasteiger partial charge in [0.15, 0.2) is 17.8 Å². The zero-order valence-corrected chi connectivity index (χ0v) is 17.1. The van der Waals surface area contributed by atoms with Crippen LogP contribution in [0, 0.1) is 5.92 Å². The maximum Gasteiger partial charge on any atom is 0.196 e. The number of nitrogens with one attached hydrogen (secondary N) is 2. The molecule has 3 N–H and O–H groups in total. The topological polar surface area (TPSA) is 70.6 Å². The van der Waals surface area contributed by atoms with E-state index in [4.69, 9.17) is 4.74 Å². The van der Waals surface area contributed by atoms with Crippen LogP contribution in [0.3, 0.4) is 0 Å². The van der Waals surface area contributed by atoms with Gasteiger partial charge < -0.3 is 15.2 Å². The Morgan fingerprint density at radius 1 is 1.03 bits per heavy atom. The molecule has 0 aliphatic carbocycles. The molecule has 154 valence electrons. The number of ketones is 1. The Morgan fingerprint density at radius 2 is 1.70 bits per heavy atom. The molecule has 4 rings (SSSR count). The molecule has 1 aliphatic heterocycles. The van der Waals surface area contributed by atoms with Crippen molar-refractivity contribution < 1.29 is 14.6 Å². The number of aromatic hydroxyl groups is 1. The van der Waals surface area contributed by atoms with Crippen molar-refractivity contribution in [2.75, 3.05) is 11.9 Å². The summed E-state index contributed by atoms with van der Waals surface area (Å²) in [5, 5.41) is 17.8. The van der Waals surface area contributed by atoms with E-state index in [0.717, 1.165) is 12.1 Å². The van der Waals surface area contributed by atoms with Crippen LogP contribution in [0.25, 0.3) is 0 Å². The van der Waals surface area contributed by atoms with Crippen LogP contribution in [0.5, 0.6) is 11.5 Å². The Bertz CT molecular complexity index is 1020. The van der Waals surface area contributed by atoms with E-state index in [-0.39, 0.29) is 29.4 Å². The smallest absolute Gasteiger partial charge is 0.196 e. The molecular formula is C25H26N2O3. The van der Waals surface area contributed by atoms with E-state index in [9.17, 15) is 9.90 Å². The number of phenolic OH excluding ortho intramolecular Hbond substituents is 1. The molecule has 1 aliphatic rings. The molecule has 5 heteroatoms. The summed E-state index contributed by atoms with van der Waals surface area (Å²) < 4.78 is 6.23. The third-order valence-electron chi connectivity index (χ3n) is 5.16. The van der Waals surface area contributed by atoms with Crippen molar-refractivity contribution in [1.82, 2.24) is 5.32 Å². The number of carbonyl (C=O) groups is 1. The highest BCUT2D eigenvalue weighted by Crippen LogP contribution is 2.44. The van der Waals surface area contributed by atoms with Crippen LogP contribution in [0.15, 0.2) is 72.8 Å². The predicted molar refractivity (Wildman–Crippen MR) is 118 cm³/mol. The van der Waals surface area contributed by atoms with Gasteiger partial charge in [-0.15, -0.1) is 0 Å². The molecule has 0 aromatic heterocycles. The number of hydrogen-bond donors (Lipinski definition) is 3. The molecule has 0 saturated carbocycles. The van der Waals surface area contributed by atoms with Crippen molar-refractivity contribution in [1.29, 1.82) is 0 Å². The van der Waals surface area contributed by atoms with E-state index < -0.39 is 0 Å². The van der Waals surface area contributed by atoms with Crippen LogP contribution < -0.4 is 15.4 Å². The van der Waals surface area contributed by atoms with E-state index in [0.29, 0.717) is 22.9 Å². The molecule has 3 aromatic carbocycles. The first-order valence-electron chi connectivity index (χ1n) is 10.2. The Morgan fingerprint density at radius 3 is 2.37 bits per heavy atom. The van der Waals surface area contributed by atoms with Gasteiger partial charge >= 0.3 is 0 Å². The van der Waals surface area contributed by atoms with Gasteiger partial charge in [0.1, 0.15) is 17.5 Å². The number of rotatable bonds is 6. The third kappa shape index (κ3) is 4.02. The number of fused-ring (bicyclic) bond motifs is 1. The molecular weight excluding hydrogens is 376 g/mol. The summed E-state index contributed by atoms with van der Waals surface area (Å²) in [4.78, 5) is 12.9. The molecule has 0 saturated heterocycles. The van der Waals surface area contributed by atoms with Crippen LogP contribution in [0.2, 0.25) is 0 Å². The van der Waals surface area contributed by atoms with Crippen molar-refractivity contribution in [2.24, 2.45) is 5.92 Å². The van der Waals surface area contributed by atoms with E-state index >= 15 is 0 Å². The molecule has 2 atom stereocenters. The fourth-order valence-corrected chi connectivity index (χ4v) is 3.60. The van der Waals surface area contributed by atoms with Crippen molar-refractivity contribution >= 4 is 11.5 Å². The summed E-state index contributed by atoms with van der Waals surface area (Å²) in [5.74, 6) is 0.662. The first-order chi connectivity index (χ1) is 14.5. The number of phenols is 1. The first-order valence-corrected chi connectivity index (χ1v) is 10.2. The molecule has 5 nitrogen and oxygen atoms in total. The van der Waals surface area contributed by atoms with Gasteiger partial charge in [-0.05, 0) is 23.6 Å². The fourth-order valence-electron chi connectivity index (χ4n) is 3.60. The molecule has 2 unspecified atom stereocenters. The summed E-state index contributed by atoms with van der Waals surface area (Å²) in [6.45, 7) is 5.08. The second kappa shape index (κ2) is 8.59. The van der Waals surface area contributed by atoms with Crippen molar-refractivity contribution in [3.63, 3.8) is 0 Å². The lowest BCUT2D eigenvalue weighted by atomic mass is 9.98. The lowest BCUT2D eigenvalue weighted by Crippen LogP contribution is -2.46. The van der Waals surface area contributed by atoms with Crippen molar-refractivity contribution in [3.8, 4) is 11.5 Å². The minimum absolute atomic E-state index is 0.0930. The Balaban J connectivity index is 1.70. The quantitative estimate of drug-likeness (QED) is 0.410.